The van der Waals surface area contributed by atoms with E-state index >= 15 is 0 Å². The minimum Gasteiger partial charge on any atom is -0.475 e. The number of halogens is 6. The van der Waals surface area contributed by atoms with E-state index in [1.54, 1.807) is 12.4 Å². The first-order valence-corrected chi connectivity index (χ1v) is 11.3. The number of carbonyl (C=O) groups is 1. The molecule has 8 nitrogen and oxygen atoms in total. The van der Waals surface area contributed by atoms with Crippen LogP contribution in [-0.2, 0) is 4.79 Å². The number of nitrogens with zero attached hydrogens (tertiary/aromatic N) is 5. The fourth-order valence-electron chi connectivity index (χ4n) is 3.79. The van der Waals surface area contributed by atoms with Gasteiger partial charge in [-0.2, -0.15) is 23.4 Å². The van der Waals surface area contributed by atoms with Gasteiger partial charge in [0.2, 0.25) is 0 Å². The Kier molecular flexibility index (Phi) is 8.71. The predicted molar refractivity (Wildman–Crippen MR) is 123 cm³/mol. The SMILES string of the molecule is CC(C)Nc1nc2cnncc2nc1N1CCC([C@@H](F)c2ccc(F)cc2F)CC1.O=C(O)C(F)(F)F. The van der Waals surface area contributed by atoms with Crippen LogP contribution >= 0.6 is 0 Å². The van der Waals surface area contributed by atoms with Crippen LogP contribution in [-0.4, -0.2) is 56.5 Å². The molecule has 1 aliphatic heterocycles. The lowest BCUT2D eigenvalue weighted by atomic mass is 9.88. The Bertz CT molecular complexity index is 1230. The molecule has 2 N–H and O–H groups in total. The van der Waals surface area contributed by atoms with Gasteiger partial charge in [-0.25, -0.2) is 27.9 Å². The zero-order valence-electron chi connectivity index (χ0n) is 19.8. The Morgan fingerprint density at radius 2 is 1.65 bits per heavy atom. The number of nitrogens with one attached hydrogen (secondary N) is 1. The Labute approximate surface area is 207 Å². The minimum atomic E-state index is -5.08. The lowest BCUT2D eigenvalue weighted by molar-refractivity contribution is -0.192. The number of piperidine rings is 1. The van der Waals surface area contributed by atoms with Gasteiger partial charge in [0.1, 0.15) is 28.8 Å². The normalized spacial score (nSPS) is 15.3. The van der Waals surface area contributed by atoms with Crippen molar-refractivity contribution in [3.63, 3.8) is 0 Å². The molecule has 0 saturated carbocycles. The van der Waals surface area contributed by atoms with Crippen molar-refractivity contribution in [3.05, 3.63) is 47.8 Å². The van der Waals surface area contributed by atoms with E-state index in [4.69, 9.17) is 14.9 Å². The molecule has 1 aliphatic rings. The highest BCUT2D eigenvalue weighted by Gasteiger charge is 2.38. The highest BCUT2D eigenvalue weighted by atomic mass is 19.4. The number of carboxylic acid groups (broad SMARTS) is 1. The molecule has 1 atom stereocenters. The lowest BCUT2D eigenvalue weighted by Crippen LogP contribution is -2.36. The van der Waals surface area contributed by atoms with Crippen molar-refractivity contribution in [2.24, 2.45) is 5.92 Å². The monoisotopic (exact) mass is 530 g/mol. The molecule has 2 aromatic heterocycles. The van der Waals surface area contributed by atoms with Crippen LogP contribution in [0.15, 0.2) is 30.6 Å². The molecule has 0 spiro atoms. The topological polar surface area (TPSA) is 104 Å². The van der Waals surface area contributed by atoms with Crippen molar-refractivity contribution in [2.45, 2.75) is 45.1 Å². The van der Waals surface area contributed by atoms with E-state index in [0.717, 1.165) is 12.1 Å². The molecule has 0 unspecified atom stereocenters. The van der Waals surface area contributed by atoms with Crippen LogP contribution in [0.2, 0.25) is 0 Å². The summed E-state index contributed by atoms with van der Waals surface area (Å²) < 4.78 is 73.8. The third-order valence-corrected chi connectivity index (χ3v) is 5.54. The Balaban J connectivity index is 0.000000479. The van der Waals surface area contributed by atoms with Gasteiger partial charge in [0.05, 0.1) is 12.4 Å². The molecule has 1 saturated heterocycles. The molecule has 3 heterocycles. The molecule has 0 radical (unpaired) electrons. The van der Waals surface area contributed by atoms with Crippen LogP contribution in [0.3, 0.4) is 0 Å². The van der Waals surface area contributed by atoms with Crippen LogP contribution < -0.4 is 10.2 Å². The number of rotatable bonds is 5. The van der Waals surface area contributed by atoms with Crippen LogP contribution in [0.1, 0.15) is 38.4 Å². The number of carboxylic acids is 1. The molecule has 3 aromatic rings. The molecular weight excluding hydrogens is 506 g/mol. The summed E-state index contributed by atoms with van der Waals surface area (Å²) in [5, 5.41) is 18.2. The summed E-state index contributed by atoms with van der Waals surface area (Å²) in [5.74, 6) is -3.32. The summed E-state index contributed by atoms with van der Waals surface area (Å²) in [6.45, 7) is 5.13. The van der Waals surface area contributed by atoms with E-state index in [9.17, 15) is 26.3 Å². The maximum absolute atomic E-state index is 15.0. The predicted octanol–water partition coefficient (Wildman–Crippen LogP) is 5.08. The third kappa shape index (κ3) is 7.17. The third-order valence-electron chi connectivity index (χ3n) is 5.54. The van der Waals surface area contributed by atoms with Gasteiger partial charge >= 0.3 is 12.1 Å². The fraction of sp³-hybridized carbons (Fsp3) is 0.435. The average molecular weight is 530 g/mol. The van der Waals surface area contributed by atoms with Gasteiger partial charge < -0.3 is 15.3 Å². The molecule has 0 amide bonds. The first kappa shape index (κ1) is 27.9. The first-order chi connectivity index (χ1) is 17.4. The number of alkyl halides is 4. The zero-order chi connectivity index (χ0) is 27.3. The number of fused-ring (bicyclic) bond motifs is 1. The molecule has 1 aromatic carbocycles. The Hall–Kier alpha value is -3.71. The molecule has 0 bridgehead atoms. The standard InChI is InChI=1S/C21H23F3N6.C2HF3O2/c1-12(2)27-20-21(29-18-11-26-25-10-17(18)28-20)30-7-5-13(6-8-30)19(24)15-4-3-14(22)9-16(15)23;3-2(4,5)1(6)7/h3-4,9-13,19H,5-8H2,1-2H3,(H,27,28);(H,6,7)/t19-;/m1./s1. The second-order valence-electron chi connectivity index (χ2n) is 8.65. The van der Waals surface area contributed by atoms with Crippen molar-refractivity contribution in [3.8, 4) is 0 Å². The largest absolute Gasteiger partial charge is 0.490 e. The van der Waals surface area contributed by atoms with Crippen molar-refractivity contribution in [2.75, 3.05) is 23.3 Å². The fourth-order valence-corrected chi connectivity index (χ4v) is 3.79. The van der Waals surface area contributed by atoms with Gasteiger partial charge in [0.25, 0.3) is 0 Å². The van der Waals surface area contributed by atoms with Crippen LogP contribution in [0.25, 0.3) is 11.0 Å². The second-order valence-corrected chi connectivity index (χ2v) is 8.65. The van der Waals surface area contributed by atoms with Gasteiger partial charge in [0, 0.05) is 30.8 Å². The van der Waals surface area contributed by atoms with Crippen LogP contribution in [0, 0.1) is 17.6 Å². The van der Waals surface area contributed by atoms with Crippen molar-refractivity contribution >= 4 is 28.6 Å². The summed E-state index contributed by atoms with van der Waals surface area (Å²) >= 11 is 0. The maximum atomic E-state index is 15.0. The summed E-state index contributed by atoms with van der Waals surface area (Å²) in [6, 6.07) is 3.17. The zero-order valence-corrected chi connectivity index (χ0v) is 19.8. The van der Waals surface area contributed by atoms with Gasteiger partial charge in [-0.05, 0) is 38.7 Å². The average Bonchev–Trinajstić information content (AvgIpc) is 2.83. The minimum absolute atomic E-state index is 0.0823. The molecule has 14 heteroatoms. The number of hydrogen-bond donors (Lipinski definition) is 2. The molecule has 37 heavy (non-hydrogen) atoms. The number of benzene rings is 1. The van der Waals surface area contributed by atoms with E-state index in [1.165, 1.54) is 6.07 Å². The van der Waals surface area contributed by atoms with Crippen molar-refractivity contribution < 1.29 is 36.2 Å². The number of aromatic nitrogens is 4. The van der Waals surface area contributed by atoms with Gasteiger partial charge in [-0.3, -0.25) is 0 Å². The summed E-state index contributed by atoms with van der Waals surface area (Å²) in [5.41, 5.74) is 1.19. The Morgan fingerprint density at radius 1 is 1.08 bits per heavy atom. The quantitative estimate of drug-likeness (QED) is 0.441. The molecule has 0 aliphatic carbocycles. The van der Waals surface area contributed by atoms with Crippen molar-refractivity contribution in [1.29, 1.82) is 0 Å². The van der Waals surface area contributed by atoms with E-state index < -0.39 is 30.0 Å². The first-order valence-electron chi connectivity index (χ1n) is 11.3. The molecular formula is C23H24F6N6O2. The number of anilines is 2. The molecule has 1 fully saturated rings. The Morgan fingerprint density at radius 3 is 2.16 bits per heavy atom. The van der Waals surface area contributed by atoms with Gasteiger partial charge in [-0.15, -0.1) is 0 Å². The van der Waals surface area contributed by atoms with E-state index in [-0.39, 0.29) is 17.5 Å². The van der Waals surface area contributed by atoms with Crippen LogP contribution in [0.5, 0.6) is 0 Å². The van der Waals surface area contributed by atoms with Gasteiger partial charge in [-0.1, -0.05) is 6.07 Å². The summed E-state index contributed by atoms with van der Waals surface area (Å²) in [4.78, 5) is 20.3. The van der Waals surface area contributed by atoms with Gasteiger partial charge in [0.15, 0.2) is 11.6 Å². The van der Waals surface area contributed by atoms with E-state index in [2.05, 4.69) is 25.4 Å². The van der Waals surface area contributed by atoms with Crippen molar-refractivity contribution in [1.82, 2.24) is 20.2 Å². The number of hydrogen-bond acceptors (Lipinski definition) is 7. The number of aliphatic carboxylic acids is 1. The smallest absolute Gasteiger partial charge is 0.475 e. The second kappa shape index (κ2) is 11.6. The van der Waals surface area contributed by atoms with Crippen LogP contribution in [0.4, 0.5) is 38.0 Å². The van der Waals surface area contributed by atoms with E-state index in [0.29, 0.717) is 48.6 Å². The molecule has 200 valence electrons. The lowest BCUT2D eigenvalue weighted by Gasteiger charge is -2.35. The highest BCUT2D eigenvalue weighted by molar-refractivity contribution is 5.79. The summed E-state index contributed by atoms with van der Waals surface area (Å²) in [7, 11) is 0. The van der Waals surface area contributed by atoms with E-state index in [1.807, 2.05) is 13.8 Å². The maximum Gasteiger partial charge on any atom is 0.490 e. The summed E-state index contributed by atoms with van der Waals surface area (Å²) in [6.07, 6.45) is -2.39. The molecule has 4 rings (SSSR count). The highest BCUT2D eigenvalue weighted by Crippen LogP contribution is 2.37.